The van der Waals surface area contributed by atoms with E-state index in [1.807, 2.05) is 57.2 Å². The number of benzene rings is 2. The first-order valence-electron chi connectivity index (χ1n) is 9.42. The molecule has 0 unspecified atom stereocenters. The summed E-state index contributed by atoms with van der Waals surface area (Å²) in [6.45, 7) is 10.1. The van der Waals surface area contributed by atoms with E-state index in [-0.39, 0.29) is 12.3 Å². The smallest absolute Gasteiger partial charge is 0.368 e. The van der Waals surface area contributed by atoms with Crippen molar-refractivity contribution in [3.05, 3.63) is 75.7 Å². The molecular weight excluding hydrogens is 382 g/mol. The monoisotopic (exact) mass is 407 g/mol. The Balaban J connectivity index is 1.97. The standard InChI is InChI=1S/C22H25N5O3/c1-14(2)18-8-7-9-20(27-22(28)26(5)24-25-27)19(18)13-30-21-11-10-17(12-15(21)3)16(4)23-29-6/h7-12H,1,13H2,2-6H3/b23-16+. The summed E-state index contributed by atoms with van der Waals surface area (Å²) in [6.07, 6.45) is 0. The zero-order chi connectivity index (χ0) is 21.8. The van der Waals surface area contributed by atoms with Gasteiger partial charge in [-0.25, -0.2) is 4.79 Å². The summed E-state index contributed by atoms with van der Waals surface area (Å²) in [4.78, 5) is 17.2. The molecule has 0 radical (unpaired) electrons. The van der Waals surface area contributed by atoms with Crippen LogP contribution in [0.4, 0.5) is 0 Å². The normalized spacial score (nSPS) is 11.4. The maximum Gasteiger partial charge on any atom is 0.368 e. The number of allylic oxidation sites excluding steroid dienone is 1. The second-order valence-electron chi connectivity index (χ2n) is 7.01. The lowest BCUT2D eigenvalue weighted by atomic mass is 10.0. The van der Waals surface area contributed by atoms with Crippen LogP contribution in [-0.2, 0) is 18.5 Å². The van der Waals surface area contributed by atoms with Crippen LogP contribution < -0.4 is 10.4 Å². The van der Waals surface area contributed by atoms with Gasteiger partial charge in [-0.3, -0.25) is 0 Å². The van der Waals surface area contributed by atoms with Crippen LogP contribution in [0.15, 0.2) is 52.9 Å². The first-order valence-corrected chi connectivity index (χ1v) is 9.42. The Morgan fingerprint density at radius 1 is 1.20 bits per heavy atom. The van der Waals surface area contributed by atoms with E-state index in [9.17, 15) is 4.79 Å². The minimum atomic E-state index is -0.330. The fourth-order valence-corrected chi connectivity index (χ4v) is 3.17. The zero-order valence-electron chi connectivity index (χ0n) is 17.8. The van der Waals surface area contributed by atoms with Gasteiger partial charge in [0.05, 0.1) is 11.4 Å². The first-order chi connectivity index (χ1) is 14.3. The summed E-state index contributed by atoms with van der Waals surface area (Å²) in [5, 5.41) is 11.8. The van der Waals surface area contributed by atoms with Gasteiger partial charge >= 0.3 is 5.69 Å². The van der Waals surface area contributed by atoms with Gasteiger partial charge in [0.25, 0.3) is 0 Å². The topological polar surface area (TPSA) is 83.5 Å². The Bertz CT molecular complexity index is 1170. The van der Waals surface area contributed by atoms with Crippen LogP contribution in [0.5, 0.6) is 5.75 Å². The molecule has 1 aromatic heterocycles. The third-order valence-electron chi connectivity index (χ3n) is 4.75. The van der Waals surface area contributed by atoms with Crippen molar-refractivity contribution in [1.29, 1.82) is 0 Å². The number of rotatable bonds is 7. The molecule has 0 saturated heterocycles. The Morgan fingerprint density at radius 2 is 1.97 bits per heavy atom. The highest BCUT2D eigenvalue weighted by molar-refractivity contribution is 5.98. The summed E-state index contributed by atoms with van der Waals surface area (Å²) < 4.78 is 8.59. The number of hydrogen-bond donors (Lipinski definition) is 0. The quantitative estimate of drug-likeness (QED) is 0.443. The average Bonchev–Trinajstić information content (AvgIpc) is 3.05. The van der Waals surface area contributed by atoms with E-state index in [0.717, 1.165) is 39.3 Å². The number of nitrogens with zero attached hydrogens (tertiary/aromatic N) is 5. The molecule has 0 aliphatic carbocycles. The van der Waals surface area contributed by atoms with Crippen molar-refractivity contribution >= 4 is 11.3 Å². The van der Waals surface area contributed by atoms with Gasteiger partial charge in [-0.2, -0.15) is 9.36 Å². The second kappa shape index (κ2) is 8.77. The third kappa shape index (κ3) is 4.17. The van der Waals surface area contributed by atoms with Gasteiger partial charge in [-0.1, -0.05) is 29.4 Å². The molecule has 0 amide bonds. The van der Waals surface area contributed by atoms with E-state index >= 15 is 0 Å². The SMILES string of the molecule is C=C(C)c1cccc(-n2nnn(C)c2=O)c1COc1ccc(/C(C)=N/OC)cc1C. The van der Waals surface area contributed by atoms with E-state index in [2.05, 4.69) is 22.2 Å². The number of oxime groups is 1. The van der Waals surface area contributed by atoms with Gasteiger partial charge in [-0.05, 0) is 72.2 Å². The highest BCUT2D eigenvalue weighted by Crippen LogP contribution is 2.26. The van der Waals surface area contributed by atoms with Crippen molar-refractivity contribution in [2.75, 3.05) is 7.11 Å². The Morgan fingerprint density at radius 3 is 2.57 bits per heavy atom. The highest BCUT2D eigenvalue weighted by Gasteiger charge is 2.16. The van der Waals surface area contributed by atoms with Gasteiger partial charge in [-0.15, -0.1) is 0 Å². The van der Waals surface area contributed by atoms with Crippen LogP contribution in [0.3, 0.4) is 0 Å². The van der Waals surface area contributed by atoms with E-state index in [1.54, 1.807) is 7.05 Å². The lowest BCUT2D eigenvalue weighted by Gasteiger charge is -2.16. The summed E-state index contributed by atoms with van der Waals surface area (Å²) >= 11 is 0. The average molecular weight is 407 g/mol. The predicted octanol–water partition coefficient (Wildman–Crippen LogP) is 3.26. The van der Waals surface area contributed by atoms with Crippen molar-refractivity contribution in [3.63, 3.8) is 0 Å². The van der Waals surface area contributed by atoms with Crippen LogP contribution in [0, 0.1) is 6.92 Å². The third-order valence-corrected chi connectivity index (χ3v) is 4.75. The summed E-state index contributed by atoms with van der Waals surface area (Å²) in [5.41, 5.74) is 5.57. The van der Waals surface area contributed by atoms with Gasteiger partial charge in [0.15, 0.2) is 0 Å². The van der Waals surface area contributed by atoms with Crippen molar-refractivity contribution in [2.45, 2.75) is 27.4 Å². The fraction of sp³-hybridized carbons (Fsp3) is 0.273. The number of tetrazole rings is 1. The van der Waals surface area contributed by atoms with Crippen molar-refractivity contribution in [1.82, 2.24) is 19.8 Å². The molecule has 8 nitrogen and oxygen atoms in total. The van der Waals surface area contributed by atoms with Gasteiger partial charge in [0.1, 0.15) is 19.5 Å². The van der Waals surface area contributed by atoms with Gasteiger partial charge in [0.2, 0.25) is 0 Å². The molecule has 0 bridgehead atoms. The Labute approximate surface area is 175 Å². The van der Waals surface area contributed by atoms with E-state index < -0.39 is 0 Å². The maximum absolute atomic E-state index is 12.4. The van der Waals surface area contributed by atoms with Crippen LogP contribution in [0.2, 0.25) is 0 Å². The Kier molecular flexibility index (Phi) is 6.15. The fourth-order valence-electron chi connectivity index (χ4n) is 3.17. The molecular formula is C22H25N5O3. The van der Waals surface area contributed by atoms with E-state index in [0.29, 0.717) is 5.69 Å². The van der Waals surface area contributed by atoms with Crippen molar-refractivity contribution in [3.8, 4) is 11.4 Å². The number of aromatic nitrogens is 4. The molecule has 0 saturated carbocycles. The van der Waals surface area contributed by atoms with Crippen LogP contribution in [0.1, 0.15) is 36.1 Å². The predicted molar refractivity (Wildman–Crippen MR) is 116 cm³/mol. The summed E-state index contributed by atoms with van der Waals surface area (Å²) in [7, 11) is 3.08. The molecule has 0 atom stereocenters. The van der Waals surface area contributed by atoms with Crippen molar-refractivity contribution < 1.29 is 9.57 Å². The highest BCUT2D eigenvalue weighted by atomic mass is 16.6. The molecule has 0 spiro atoms. The molecule has 0 N–H and O–H groups in total. The largest absolute Gasteiger partial charge is 0.489 e. The molecule has 1 heterocycles. The van der Waals surface area contributed by atoms with E-state index in [1.165, 1.54) is 16.5 Å². The molecule has 30 heavy (non-hydrogen) atoms. The van der Waals surface area contributed by atoms with Crippen LogP contribution >= 0.6 is 0 Å². The summed E-state index contributed by atoms with van der Waals surface area (Å²) in [6, 6.07) is 11.5. The Hall–Kier alpha value is -3.68. The van der Waals surface area contributed by atoms with E-state index in [4.69, 9.17) is 9.57 Å². The molecule has 0 fully saturated rings. The number of ether oxygens (including phenoxy) is 1. The van der Waals surface area contributed by atoms with Gasteiger partial charge < -0.3 is 9.57 Å². The van der Waals surface area contributed by atoms with Gasteiger partial charge in [0, 0.05) is 12.6 Å². The summed E-state index contributed by atoms with van der Waals surface area (Å²) in [5.74, 6) is 0.734. The molecule has 8 heteroatoms. The lowest BCUT2D eigenvalue weighted by Crippen LogP contribution is -2.23. The lowest BCUT2D eigenvalue weighted by molar-refractivity contribution is 0.213. The molecule has 3 aromatic rings. The minimum absolute atomic E-state index is 0.243. The molecule has 3 rings (SSSR count). The van der Waals surface area contributed by atoms with Crippen molar-refractivity contribution in [2.24, 2.45) is 12.2 Å². The first kappa shape index (κ1) is 21.0. The molecule has 156 valence electrons. The molecule has 0 aliphatic rings. The molecule has 0 aliphatic heterocycles. The number of hydrogen-bond acceptors (Lipinski definition) is 6. The number of aryl methyl sites for hydroxylation is 2. The zero-order valence-corrected chi connectivity index (χ0v) is 17.8. The second-order valence-corrected chi connectivity index (χ2v) is 7.01. The maximum atomic E-state index is 12.4. The molecule has 2 aromatic carbocycles. The van der Waals surface area contributed by atoms with Crippen LogP contribution in [0.25, 0.3) is 11.3 Å². The minimum Gasteiger partial charge on any atom is -0.489 e. The van der Waals surface area contributed by atoms with Crippen LogP contribution in [-0.4, -0.2) is 32.6 Å².